The second-order valence-corrected chi connectivity index (χ2v) is 5.08. The summed E-state index contributed by atoms with van der Waals surface area (Å²) in [5.74, 6) is 0. The fraction of sp³-hybridized carbons (Fsp3) is 0. The number of imidazole rings is 1. The van der Waals surface area contributed by atoms with Gasteiger partial charge in [-0.2, -0.15) is 0 Å². The molecule has 0 unspecified atom stereocenters. The van der Waals surface area contributed by atoms with Crippen molar-refractivity contribution < 1.29 is 0 Å². The van der Waals surface area contributed by atoms with E-state index in [2.05, 4.69) is 41.8 Å². The Labute approximate surface area is 89.7 Å². The molecule has 0 bridgehead atoms. The molecule has 0 spiro atoms. The summed E-state index contributed by atoms with van der Waals surface area (Å²) in [5.41, 5.74) is 0. The summed E-state index contributed by atoms with van der Waals surface area (Å²) in [4.78, 5) is 8.20. The molecule has 0 aromatic carbocycles. The minimum absolute atomic E-state index is 0.830. The maximum absolute atomic E-state index is 4.26. The Balaban J connectivity index is 2.48. The predicted molar refractivity (Wildman–Crippen MR) is 54.6 cm³/mol. The van der Waals surface area contributed by atoms with E-state index in [0.29, 0.717) is 0 Å². The van der Waals surface area contributed by atoms with Crippen molar-refractivity contribution in [2.24, 2.45) is 0 Å². The number of hydrogen-bond acceptors (Lipinski definition) is 3. The van der Waals surface area contributed by atoms with Crippen LogP contribution in [-0.4, -0.2) is 14.5 Å². The molecule has 0 radical (unpaired) electrons. The van der Waals surface area contributed by atoms with Crippen molar-refractivity contribution in [3.8, 4) is 5.13 Å². The summed E-state index contributed by atoms with van der Waals surface area (Å²) in [6.45, 7) is 0. The van der Waals surface area contributed by atoms with Gasteiger partial charge in [0, 0.05) is 12.4 Å². The summed E-state index contributed by atoms with van der Waals surface area (Å²) in [7, 11) is 0. The molecule has 0 aliphatic rings. The van der Waals surface area contributed by atoms with Gasteiger partial charge in [0.05, 0.1) is 0 Å². The van der Waals surface area contributed by atoms with Gasteiger partial charge in [0.15, 0.2) is 5.13 Å². The molecule has 2 heterocycles. The van der Waals surface area contributed by atoms with E-state index in [9.17, 15) is 0 Å². The molecular formula is C6H3Br2N3S. The SMILES string of the molecule is Brc1nc(-n2ccnc2)sc1Br. The van der Waals surface area contributed by atoms with Gasteiger partial charge in [-0.05, 0) is 31.9 Å². The van der Waals surface area contributed by atoms with Crippen molar-refractivity contribution in [1.82, 2.24) is 14.5 Å². The first-order valence-corrected chi connectivity index (χ1v) is 5.48. The minimum atomic E-state index is 0.830. The molecule has 2 aromatic rings. The van der Waals surface area contributed by atoms with Crippen LogP contribution in [0.5, 0.6) is 0 Å². The van der Waals surface area contributed by atoms with Gasteiger partial charge in [-0.15, -0.1) is 0 Å². The van der Waals surface area contributed by atoms with E-state index in [4.69, 9.17) is 0 Å². The highest BCUT2D eigenvalue weighted by Gasteiger charge is 2.06. The molecule has 3 nitrogen and oxygen atoms in total. The summed E-state index contributed by atoms with van der Waals surface area (Å²) in [6.07, 6.45) is 5.30. The lowest BCUT2D eigenvalue weighted by Crippen LogP contribution is -1.86. The summed E-state index contributed by atoms with van der Waals surface area (Å²) >= 11 is 8.25. The Bertz CT molecular complexity index is 362. The lowest BCUT2D eigenvalue weighted by Gasteiger charge is -1.90. The van der Waals surface area contributed by atoms with Gasteiger partial charge in [0.2, 0.25) is 0 Å². The Morgan fingerprint density at radius 3 is 2.75 bits per heavy atom. The molecule has 0 atom stereocenters. The number of nitrogens with zero attached hydrogens (tertiary/aromatic N) is 3. The zero-order valence-corrected chi connectivity index (χ0v) is 9.73. The maximum atomic E-state index is 4.26. The van der Waals surface area contributed by atoms with Gasteiger partial charge in [0.1, 0.15) is 14.7 Å². The Morgan fingerprint density at radius 2 is 2.25 bits per heavy atom. The normalized spacial score (nSPS) is 10.5. The van der Waals surface area contributed by atoms with Crippen LogP contribution in [0.25, 0.3) is 5.13 Å². The molecule has 0 saturated heterocycles. The summed E-state index contributed by atoms with van der Waals surface area (Å²) in [5, 5.41) is 0.895. The van der Waals surface area contributed by atoms with Crippen LogP contribution in [0, 0.1) is 0 Å². The molecule has 12 heavy (non-hydrogen) atoms. The van der Waals surface area contributed by atoms with Crippen LogP contribution in [0.3, 0.4) is 0 Å². The fourth-order valence-electron chi connectivity index (χ4n) is 0.756. The van der Waals surface area contributed by atoms with E-state index < -0.39 is 0 Å². The van der Waals surface area contributed by atoms with Crippen molar-refractivity contribution >= 4 is 43.2 Å². The van der Waals surface area contributed by atoms with Crippen molar-refractivity contribution in [2.45, 2.75) is 0 Å². The van der Waals surface area contributed by atoms with Crippen LogP contribution in [-0.2, 0) is 0 Å². The molecule has 62 valence electrons. The van der Waals surface area contributed by atoms with Crippen molar-refractivity contribution in [2.75, 3.05) is 0 Å². The summed E-state index contributed by atoms with van der Waals surface area (Å²) in [6, 6.07) is 0. The quantitative estimate of drug-likeness (QED) is 0.811. The minimum Gasteiger partial charge on any atom is -0.282 e. The van der Waals surface area contributed by atoms with Gasteiger partial charge >= 0.3 is 0 Å². The van der Waals surface area contributed by atoms with Crippen LogP contribution >= 0.6 is 43.2 Å². The van der Waals surface area contributed by atoms with E-state index in [1.807, 2.05) is 10.8 Å². The third-order valence-electron chi connectivity index (χ3n) is 1.26. The standard InChI is InChI=1S/C6H3Br2N3S/c7-4-5(8)12-6(10-4)11-2-1-9-3-11/h1-3H. The van der Waals surface area contributed by atoms with Crippen molar-refractivity contribution in [1.29, 1.82) is 0 Å². The second-order valence-electron chi connectivity index (χ2n) is 2.03. The fourth-order valence-corrected chi connectivity index (χ4v) is 2.45. The van der Waals surface area contributed by atoms with Crippen LogP contribution in [0.15, 0.2) is 27.1 Å². The smallest absolute Gasteiger partial charge is 0.197 e. The number of thiazole rings is 1. The van der Waals surface area contributed by atoms with Crippen LogP contribution in [0.2, 0.25) is 0 Å². The second kappa shape index (κ2) is 3.27. The number of hydrogen-bond donors (Lipinski definition) is 0. The molecule has 2 aromatic heterocycles. The van der Waals surface area contributed by atoms with E-state index in [-0.39, 0.29) is 0 Å². The molecule has 0 fully saturated rings. The molecule has 6 heteroatoms. The molecule has 2 rings (SSSR count). The maximum Gasteiger partial charge on any atom is 0.197 e. The Hall–Kier alpha value is -0.200. The number of aromatic nitrogens is 3. The predicted octanol–water partition coefficient (Wildman–Crippen LogP) is 2.85. The van der Waals surface area contributed by atoms with E-state index >= 15 is 0 Å². The Kier molecular flexibility index (Phi) is 2.29. The van der Waals surface area contributed by atoms with E-state index in [0.717, 1.165) is 13.5 Å². The highest BCUT2D eigenvalue weighted by molar-refractivity contribution is 9.13. The molecule has 0 aliphatic carbocycles. The van der Waals surface area contributed by atoms with E-state index in [1.165, 1.54) is 0 Å². The number of halogens is 2. The van der Waals surface area contributed by atoms with Gasteiger partial charge < -0.3 is 0 Å². The molecule has 0 aliphatic heterocycles. The van der Waals surface area contributed by atoms with Crippen molar-refractivity contribution in [3.05, 3.63) is 27.1 Å². The first-order chi connectivity index (χ1) is 5.77. The monoisotopic (exact) mass is 307 g/mol. The topological polar surface area (TPSA) is 30.7 Å². The third-order valence-corrected chi connectivity index (χ3v) is 4.35. The van der Waals surface area contributed by atoms with E-state index in [1.54, 1.807) is 23.9 Å². The molecule has 0 amide bonds. The van der Waals surface area contributed by atoms with Gasteiger partial charge in [-0.3, -0.25) is 4.57 Å². The van der Waals surface area contributed by atoms with Gasteiger partial charge in [-0.1, -0.05) is 11.3 Å². The first-order valence-electron chi connectivity index (χ1n) is 3.07. The largest absolute Gasteiger partial charge is 0.282 e. The van der Waals surface area contributed by atoms with Crippen LogP contribution in [0.4, 0.5) is 0 Å². The average Bonchev–Trinajstić information content (AvgIpc) is 2.61. The number of rotatable bonds is 1. The van der Waals surface area contributed by atoms with Gasteiger partial charge in [-0.25, -0.2) is 9.97 Å². The zero-order chi connectivity index (χ0) is 8.55. The van der Waals surface area contributed by atoms with Gasteiger partial charge in [0.25, 0.3) is 0 Å². The zero-order valence-electron chi connectivity index (χ0n) is 5.74. The Morgan fingerprint density at radius 1 is 1.42 bits per heavy atom. The highest BCUT2D eigenvalue weighted by atomic mass is 79.9. The molecule has 0 N–H and O–H groups in total. The lowest BCUT2D eigenvalue weighted by molar-refractivity contribution is 1.02. The molecule has 0 saturated carbocycles. The van der Waals surface area contributed by atoms with Crippen molar-refractivity contribution in [3.63, 3.8) is 0 Å². The van der Waals surface area contributed by atoms with Crippen LogP contribution in [0.1, 0.15) is 0 Å². The van der Waals surface area contributed by atoms with Crippen LogP contribution < -0.4 is 0 Å². The highest BCUT2D eigenvalue weighted by Crippen LogP contribution is 2.30. The summed E-state index contributed by atoms with van der Waals surface area (Å²) < 4.78 is 3.68. The average molecular weight is 309 g/mol. The first kappa shape index (κ1) is 8.40. The third kappa shape index (κ3) is 1.46. The lowest BCUT2D eigenvalue weighted by atomic mass is 10.9. The molecular weight excluding hydrogens is 306 g/mol.